The standard InChI is InChI=1S/C20H21NO3/c1-2-3-4-5-6-15-24-19-13-9-17(10-14-19)16-7-11-18(12-8-16)21-20(22)23/h1,7-14,21H,3-6,15H2,(H,22,23). The van der Waals surface area contributed by atoms with Gasteiger partial charge >= 0.3 is 6.09 Å². The lowest BCUT2D eigenvalue weighted by molar-refractivity contribution is 0.210. The van der Waals surface area contributed by atoms with Crippen LogP contribution in [0.2, 0.25) is 0 Å². The van der Waals surface area contributed by atoms with Crippen molar-refractivity contribution in [3.05, 3.63) is 48.5 Å². The smallest absolute Gasteiger partial charge is 0.409 e. The summed E-state index contributed by atoms with van der Waals surface area (Å²) in [6.07, 6.45) is 8.11. The molecule has 0 aromatic heterocycles. The second kappa shape index (κ2) is 9.26. The molecule has 24 heavy (non-hydrogen) atoms. The average molecular weight is 323 g/mol. The number of nitrogens with one attached hydrogen (secondary N) is 1. The maximum absolute atomic E-state index is 10.6. The maximum Gasteiger partial charge on any atom is 0.409 e. The van der Waals surface area contributed by atoms with Gasteiger partial charge < -0.3 is 9.84 Å². The Kier molecular flexibility index (Phi) is 6.73. The van der Waals surface area contributed by atoms with Crippen LogP contribution in [-0.2, 0) is 0 Å². The van der Waals surface area contributed by atoms with Gasteiger partial charge in [0, 0.05) is 12.1 Å². The second-order valence-corrected chi connectivity index (χ2v) is 5.40. The van der Waals surface area contributed by atoms with Gasteiger partial charge in [-0.05, 0) is 54.7 Å². The first-order valence-corrected chi connectivity index (χ1v) is 7.96. The van der Waals surface area contributed by atoms with Gasteiger partial charge in [0.05, 0.1) is 6.61 Å². The molecule has 2 N–H and O–H groups in total. The Balaban J connectivity index is 1.85. The van der Waals surface area contributed by atoms with Gasteiger partial charge in [0.25, 0.3) is 0 Å². The maximum atomic E-state index is 10.6. The number of carbonyl (C=O) groups is 1. The van der Waals surface area contributed by atoms with Crippen LogP contribution in [0.25, 0.3) is 11.1 Å². The minimum atomic E-state index is -1.07. The third-order valence-electron chi connectivity index (χ3n) is 3.56. The number of carboxylic acid groups (broad SMARTS) is 1. The molecule has 0 unspecified atom stereocenters. The van der Waals surface area contributed by atoms with Gasteiger partial charge in [-0.15, -0.1) is 12.3 Å². The van der Waals surface area contributed by atoms with Gasteiger partial charge in [-0.1, -0.05) is 24.3 Å². The van der Waals surface area contributed by atoms with E-state index < -0.39 is 6.09 Å². The third-order valence-corrected chi connectivity index (χ3v) is 3.56. The highest BCUT2D eigenvalue weighted by Gasteiger charge is 2.01. The van der Waals surface area contributed by atoms with Gasteiger partial charge in [-0.2, -0.15) is 0 Å². The number of ether oxygens (including phenoxy) is 1. The molecule has 0 aliphatic heterocycles. The Morgan fingerprint density at radius 1 is 1.00 bits per heavy atom. The molecule has 2 rings (SSSR count). The molecule has 2 aromatic rings. The predicted molar refractivity (Wildman–Crippen MR) is 96.3 cm³/mol. The average Bonchev–Trinajstić information content (AvgIpc) is 2.59. The number of rotatable bonds is 8. The van der Waals surface area contributed by atoms with E-state index >= 15 is 0 Å². The monoisotopic (exact) mass is 323 g/mol. The summed E-state index contributed by atoms with van der Waals surface area (Å²) in [5.41, 5.74) is 2.63. The fourth-order valence-corrected chi connectivity index (χ4v) is 2.31. The summed E-state index contributed by atoms with van der Waals surface area (Å²) in [5.74, 6) is 3.48. The van der Waals surface area contributed by atoms with E-state index in [9.17, 15) is 4.79 Å². The summed E-state index contributed by atoms with van der Waals surface area (Å²) in [6, 6.07) is 15.1. The highest BCUT2D eigenvalue weighted by molar-refractivity contribution is 5.83. The number of amides is 1. The zero-order chi connectivity index (χ0) is 17.2. The molecule has 0 heterocycles. The van der Waals surface area contributed by atoms with Crippen LogP contribution in [0.5, 0.6) is 5.75 Å². The van der Waals surface area contributed by atoms with Crippen molar-refractivity contribution in [3.8, 4) is 29.2 Å². The molecular weight excluding hydrogens is 302 g/mol. The zero-order valence-corrected chi connectivity index (χ0v) is 13.5. The number of unbranched alkanes of at least 4 members (excludes halogenated alkanes) is 3. The quantitative estimate of drug-likeness (QED) is 0.530. The summed E-state index contributed by atoms with van der Waals surface area (Å²) in [5, 5.41) is 11.0. The van der Waals surface area contributed by atoms with Crippen molar-refractivity contribution in [1.29, 1.82) is 0 Å². The molecule has 0 radical (unpaired) electrons. The van der Waals surface area contributed by atoms with E-state index in [-0.39, 0.29) is 0 Å². The molecule has 0 saturated carbocycles. The van der Waals surface area contributed by atoms with Crippen LogP contribution in [0.15, 0.2) is 48.5 Å². The van der Waals surface area contributed by atoms with Gasteiger partial charge in [-0.3, -0.25) is 5.32 Å². The van der Waals surface area contributed by atoms with Crippen molar-refractivity contribution < 1.29 is 14.6 Å². The molecule has 4 nitrogen and oxygen atoms in total. The van der Waals surface area contributed by atoms with Crippen molar-refractivity contribution in [3.63, 3.8) is 0 Å². The van der Waals surface area contributed by atoms with Crippen LogP contribution in [0, 0.1) is 12.3 Å². The number of hydrogen-bond acceptors (Lipinski definition) is 2. The summed E-state index contributed by atoms with van der Waals surface area (Å²) < 4.78 is 5.71. The number of benzene rings is 2. The van der Waals surface area contributed by atoms with Gasteiger partial charge in [0.1, 0.15) is 5.75 Å². The van der Waals surface area contributed by atoms with E-state index in [2.05, 4.69) is 11.2 Å². The highest BCUT2D eigenvalue weighted by atomic mass is 16.5. The molecule has 0 fully saturated rings. The van der Waals surface area contributed by atoms with Gasteiger partial charge in [-0.25, -0.2) is 4.79 Å². The van der Waals surface area contributed by atoms with Crippen molar-refractivity contribution in [2.75, 3.05) is 11.9 Å². The molecule has 0 aliphatic carbocycles. The summed E-state index contributed by atoms with van der Waals surface area (Å²) in [6.45, 7) is 0.694. The number of anilines is 1. The van der Waals surface area contributed by atoms with Crippen molar-refractivity contribution in [2.45, 2.75) is 25.7 Å². The lowest BCUT2D eigenvalue weighted by Gasteiger charge is -2.08. The molecule has 0 atom stereocenters. The van der Waals surface area contributed by atoms with Crippen LogP contribution < -0.4 is 10.1 Å². The van der Waals surface area contributed by atoms with Crippen LogP contribution in [0.1, 0.15) is 25.7 Å². The molecule has 0 bridgehead atoms. The molecule has 2 aromatic carbocycles. The van der Waals surface area contributed by atoms with Gasteiger partial charge in [0.2, 0.25) is 0 Å². The minimum Gasteiger partial charge on any atom is -0.494 e. The summed E-state index contributed by atoms with van der Waals surface area (Å²) in [7, 11) is 0. The van der Waals surface area contributed by atoms with E-state index in [0.717, 1.165) is 42.6 Å². The largest absolute Gasteiger partial charge is 0.494 e. The Morgan fingerprint density at radius 2 is 1.62 bits per heavy atom. The van der Waals surface area contributed by atoms with E-state index in [4.69, 9.17) is 16.3 Å². The third kappa shape index (κ3) is 5.69. The van der Waals surface area contributed by atoms with Crippen LogP contribution in [-0.4, -0.2) is 17.8 Å². The summed E-state index contributed by atoms with van der Waals surface area (Å²) in [4.78, 5) is 10.6. The Hall–Kier alpha value is -2.93. The van der Waals surface area contributed by atoms with Crippen LogP contribution in [0.4, 0.5) is 10.5 Å². The Bertz CT molecular complexity index is 684. The van der Waals surface area contributed by atoms with Crippen molar-refractivity contribution >= 4 is 11.8 Å². The lowest BCUT2D eigenvalue weighted by Crippen LogP contribution is -2.06. The second-order valence-electron chi connectivity index (χ2n) is 5.40. The topological polar surface area (TPSA) is 58.6 Å². The van der Waals surface area contributed by atoms with E-state index in [1.165, 1.54) is 0 Å². The fourth-order valence-electron chi connectivity index (χ4n) is 2.31. The molecule has 0 saturated heterocycles. The highest BCUT2D eigenvalue weighted by Crippen LogP contribution is 2.24. The molecule has 0 spiro atoms. The van der Waals surface area contributed by atoms with E-state index in [1.54, 1.807) is 12.1 Å². The summed E-state index contributed by atoms with van der Waals surface area (Å²) >= 11 is 0. The zero-order valence-electron chi connectivity index (χ0n) is 13.5. The first-order valence-electron chi connectivity index (χ1n) is 7.96. The predicted octanol–water partition coefficient (Wildman–Crippen LogP) is 5.02. The minimum absolute atomic E-state index is 0.552. The van der Waals surface area contributed by atoms with Crippen molar-refractivity contribution in [2.24, 2.45) is 0 Å². The van der Waals surface area contributed by atoms with Gasteiger partial charge in [0.15, 0.2) is 0 Å². The first-order chi connectivity index (χ1) is 11.7. The number of terminal acetylenes is 1. The first kappa shape index (κ1) is 17.4. The Labute approximate surface area is 142 Å². The van der Waals surface area contributed by atoms with Crippen LogP contribution in [0.3, 0.4) is 0 Å². The van der Waals surface area contributed by atoms with Crippen LogP contribution >= 0.6 is 0 Å². The van der Waals surface area contributed by atoms with E-state index in [1.807, 2.05) is 36.4 Å². The molecule has 1 amide bonds. The van der Waals surface area contributed by atoms with Crippen molar-refractivity contribution in [1.82, 2.24) is 0 Å². The normalized spacial score (nSPS) is 9.96. The SMILES string of the molecule is C#CCCCCCOc1ccc(-c2ccc(NC(=O)O)cc2)cc1. The molecule has 124 valence electrons. The lowest BCUT2D eigenvalue weighted by atomic mass is 10.1. The molecule has 0 aliphatic rings. The van der Waals surface area contributed by atoms with E-state index in [0.29, 0.717) is 12.3 Å². The Morgan fingerprint density at radius 3 is 2.21 bits per heavy atom. The number of hydrogen-bond donors (Lipinski definition) is 2. The molecule has 4 heteroatoms. The molecular formula is C20H21NO3. The fraction of sp³-hybridized carbons (Fsp3) is 0.250.